The van der Waals surface area contributed by atoms with E-state index in [1.54, 1.807) is 30.1 Å². The third-order valence-electron chi connectivity index (χ3n) is 3.79. The molecule has 0 N–H and O–H groups in total. The lowest BCUT2D eigenvalue weighted by atomic mass is 10.3. The molecule has 0 aliphatic carbocycles. The number of ether oxygens (including phenoxy) is 1. The molecule has 0 aliphatic heterocycles. The van der Waals surface area contributed by atoms with Crippen molar-refractivity contribution in [3.8, 4) is 5.88 Å². The molecule has 1 heterocycles. The smallest absolute Gasteiger partial charge is 0.391 e. The van der Waals surface area contributed by atoms with Crippen molar-refractivity contribution in [3.05, 3.63) is 48.7 Å². The first-order valence-electron chi connectivity index (χ1n) is 8.22. The third kappa shape index (κ3) is 4.66. The molecule has 0 saturated carbocycles. The summed E-state index contributed by atoms with van der Waals surface area (Å²) in [5, 5.41) is 0. The van der Waals surface area contributed by atoms with Gasteiger partial charge in [-0.05, 0) is 32.0 Å². The van der Waals surface area contributed by atoms with Crippen molar-refractivity contribution in [1.29, 1.82) is 0 Å². The minimum atomic E-state index is -0.557. The number of pyridine rings is 1. The molecule has 0 saturated heterocycles. The number of hydrogen-bond acceptors (Lipinski definition) is 5. The van der Waals surface area contributed by atoms with Crippen LogP contribution in [0, 0.1) is 0 Å². The lowest BCUT2D eigenvalue weighted by Gasteiger charge is -2.24. The highest BCUT2D eigenvalue weighted by Gasteiger charge is 2.19. The Bertz CT molecular complexity index is 736. The Hall–Kier alpha value is -2.74. The standard InChI is InChI=1S/C18H22N4O3S/c1-4-21(5-2)17(23)22(26)15-11-12-16(19-13-15)25-18(24)20(3)14-9-7-6-8-10-14/h6-13,26H,4-5H2,1-3H3. The predicted molar refractivity (Wildman–Crippen MR) is 105 cm³/mol. The summed E-state index contributed by atoms with van der Waals surface area (Å²) in [6.45, 7) is 4.96. The maximum absolute atomic E-state index is 12.3. The molecule has 0 spiro atoms. The van der Waals surface area contributed by atoms with Crippen LogP contribution >= 0.6 is 12.8 Å². The number of thiol groups is 1. The van der Waals surface area contributed by atoms with Gasteiger partial charge in [0.05, 0.1) is 11.9 Å². The molecule has 0 atom stereocenters. The maximum Gasteiger partial charge on any atom is 0.420 e. The molecule has 0 fully saturated rings. The number of urea groups is 1. The van der Waals surface area contributed by atoms with Crippen LogP contribution in [0.1, 0.15) is 13.8 Å². The van der Waals surface area contributed by atoms with Crippen LogP contribution in [-0.2, 0) is 0 Å². The molecule has 2 rings (SSSR count). The van der Waals surface area contributed by atoms with Crippen LogP contribution in [0.3, 0.4) is 0 Å². The largest absolute Gasteiger partial charge is 0.420 e. The summed E-state index contributed by atoms with van der Waals surface area (Å²) in [7, 11) is 1.62. The Labute approximate surface area is 158 Å². The summed E-state index contributed by atoms with van der Waals surface area (Å²) < 4.78 is 6.46. The van der Waals surface area contributed by atoms with Crippen LogP contribution in [0.2, 0.25) is 0 Å². The quantitative estimate of drug-likeness (QED) is 0.808. The lowest BCUT2D eigenvalue weighted by Crippen LogP contribution is -2.38. The summed E-state index contributed by atoms with van der Waals surface area (Å²) in [5.74, 6) is 0.138. The van der Waals surface area contributed by atoms with E-state index >= 15 is 0 Å². The number of para-hydroxylation sites is 1. The number of hydrogen-bond donors (Lipinski definition) is 1. The highest BCUT2D eigenvalue weighted by molar-refractivity contribution is 7.82. The van der Waals surface area contributed by atoms with Gasteiger partial charge in [0, 0.05) is 31.9 Å². The van der Waals surface area contributed by atoms with Crippen molar-refractivity contribution in [3.63, 3.8) is 0 Å². The van der Waals surface area contributed by atoms with Gasteiger partial charge in [-0.3, -0.25) is 4.90 Å². The summed E-state index contributed by atoms with van der Waals surface area (Å²) >= 11 is 4.23. The molecule has 8 heteroatoms. The molecule has 0 aliphatic rings. The topological polar surface area (TPSA) is 66.0 Å². The third-order valence-corrected chi connectivity index (χ3v) is 4.19. The second kappa shape index (κ2) is 9.10. The molecule has 138 valence electrons. The summed E-state index contributed by atoms with van der Waals surface area (Å²) in [6, 6.07) is 12.0. The molecular formula is C18H22N4O3S. The zero-order chi connectivity index (χ0) is 19.1. The van der Waals surface area contributed by atoms with E-state index in [1.165, 1.54) is 21.5 Å². The van der Waals surface area contributed by atoms with Gasteiger partial charge in [-0.25, -0.2) is 18.9 Å². The second-order valence-electron chi connectivity index (χ2n) is 5.38. The van der Waals surface area contributed by atoms with Gasteiger partial charge in [0.15, 0.2) is 0 Å². The fourth-order valence-corrected chi connectivity index (χ4v) is 2.46. The molecule has 0 unspecified atom stereocenters. The van der Waals surface area contributed by atoms with Crippen LogP contribution < -0.4 is 13.9 Å². The van der Waals surface area contributed by atoms with E-state index in [0.29, 0.717) is 24.5 Å². The van der Waals surface area contributed by atoms with Crippen molar-refractivity contribution in [2.24, 2.45) is 0 Å². The van der Waals surface area contributed by atoms with Crippen molar-refractivity contribution in [2.75, 3.05) is 29.3 Å². The first kappa shape index (κ1) is 19.6. The lowest BCUT2D eigenvalue weighted by molar-refractivity contribution is 0.207. The van der Waals surface area contributed by atoms with Gasteiger partial charge in [0.1, 0.15) is 0 Å². The molecule has 1 aromatic heterocycles. The van der Waals surface area contributed by atoms with Crippen molar-refractivity contribution < 1.29 is 14.3 Å². The molecule has 7 nitrogen and oxygen atoms in total. The number of rotatable bonds is 5. The monoisotopic (exact) mass is 374 g/mol. The highest BCUT2D eigenvalue weighted by Crippen LogP contribution is 2.20. The maximum atomic E-state index is 12.3. The van der Waals surface area contributed by atoms with Crippen molar-refractivity contribution in [1.82, 2.24) is 9.88 Å². The molecule has 26 heavy (non-hydrogen) atoms. The van der Waals surface area contributed by atoms with Crippen molar-refractivity contribution >= 4 is 36.3 Å². The van der Waals surface area contributed by atoms with E-state index in [0.717, 1.165) is 0 Å². The first-order chi connectivity index (χ1) is 12.5. The van der Waals surface area contributed by atoms with E-state index in [4.69, 9.17) is 4.74 Å². The van der Waals surface area contributed by atoms with Gasteiger partial charge >= 0.3 is 12.1 Å². The van der Waals surface area contributed by atoms with E-state index in [2.05, 4.69) is 17.8 Å². The predicted octanol–water partition coefficient (Wildman–Crippen LogP) is 3.83. The SMILES string of the molecule is CCN(CC)C(=O)N(S)c1ccc(OC(=O)N(C)c2ccccc2)nc1. The summed E-state index contributed by atoms with van der Waals surface area (Å²) in [6.07, 6.45) is 0.873. The molecule has 0 bridgehead atoms. The second-order valence-corrected chi connectivity index (χ2v) is 5.78. The van der Waals surface area contributed by atoms with Crippen LogP contribution in [-0.4, -0.2) is 42.1 Å². The van der Waals surface area contributed by atoms with Gasteiger partial charge in [-0.15, -0.1) is 0 Å². The zero-order valence-electron chi connectivity index (χ0n) is 15.0. The van der Waals surface area contributed by atoms with E-state index in [-0.39, 0.29) is 11.9 Å². The minimum Gasteiger partial charge on any atom is -0.391 e. The van der Waals surface area contributed by atoms with Crippen LogP contribution in [0.15, 0.2) is 48.7 Å². The zero-order valence-corrected chi connectivity index (χ0v) is 15.9. The number of nitrogens with zero attached hydrogens (tertiary/aromatic N) is 4. The average molecular weight is 374 g/mol. The van der Waals surface area contributed by atoms with E-state index < -0.39 is 6.09 Å². The fraction of sp³-hybridized carbons (Fsp3) is 0.278. The normalized spacial score (nSPS) is 10.2. The van der Waals surface area contributed by atoms with Crippen molar-refractivity contribution in [2.45, 2.75) is 13.8 Å². The number of benzene rings is 1. The van der Waals surface area contributed by atoms with Gasteiger partial charge in [-0.2, -0.15) is 0 Å². The Kier molecular flexibility index (Phi) is 6.85. The number of amides is 3. The average Bonchev–Trinajstić information content (AvgIpc) is 2.68. The molecule has 2 aromatic rings. The molecule has 1 aromatic carbocycles. The number of carbonyl (C=O) groups is 2. The van der Waals surface area contributed by atoms with Crippen LogP contribution in [0.4, 0.5) is 21.0 Å². The van der Waals surface area contributed by atoms with Gasteiger partial charge in [0.2, 0.25) is 5.88 Å². The Morgan fingerprint density at radius 2 is 1.69 bits per heavy atom. The van der Waals surface area contributed by atoms with Gasteiger partial charge < -0.3 is 9.64 Å². The number of carbonyl (C=O) groups excluding carboxylic acids is 2. The number of anilines is 2. The fourth-order valence-electron chi connectivity index (χ4n) is 2.21. The minimum absolute atomic E-state index is 0.138. The van der Waals surface area contributed by atoms with Gasteiger partial charge in [-0.1, -0.05) is 31.0 Å². The molecular weight excluding hydrogens is 352 g/mol. The Balaban J connectivity index is 2.03. The van der Waals surface area contributed by atoms with E-state index in [1.807, 2.05) is 32.0 Å². The first-order valence-corrected chi connectivity index (χ1v) is 8.62. The van der Waals surface area contributed by atoms with E-state index in [9.17, 15) is 9.59 Å². The Morgan fingerprint density at radius 1 is 1.04 bits per heavy atom. The summed E-state index contributed by atoms with van der Waals surface area (Å²) in [5.41, 5.74) is 1.20. The molecule has 0 radical (unpaired) electrons. The molecule has 3 amide bonds. The van der Waals surface area contributed by atoms with Crippen LogP contribution in [0.25, 0.3) is 0 Å². The summed E-state index contributed by atoms with van der Waals surface area (Å²) in [4.78, 5) is 31.5. The van der Waals surface area contributed by atoms with Gasteiger partial charge in [0.25, 0.3) is 0 Å². The van der Waals surface area contributed by atoms with Crippen LogP contribution in [0.5, 0.6) is 5.88 Å². The number of aromatic nitrogens is 1. The highest BCUT2D eigenvalue weighted by atomic mass is 32.1. The Morgan fingerprint density at radius 3 is 2.23 bits per heavy atom.